The lowest BCUT2D eigenvalue weighted by Gasteiger charge is -2.20. The Morgan fingerprint density at radius 2 is 1.96 bits per heavy atom. The van der Waals surface area contributed by atoms with Crippen LogP contribution >= 0.6 is 0 Å². The molecule has 3 rings (SSSR count). The van der Waals surface area contributed by atoms with Crippen molar-refractivity contribution in [3.05, 3.63) is 18.0 Å². The highest BCUT2D eigenvalue weighted by atomic mass is 16.6. The molecule has 0 aliphatic carbocycles. The third-order valence-corrected chi connectivity index (χ3v) is 4.00. The Labute approximate surface area is 135 Å². The normalized spacial score (nSPS) is 15.1. The van der Waals surface area contributed by atoms with Crippen molar-refractivity contribution in [2.24, 2.45) is 5.92 Å². The maximum atomic E-state index is 11.7. The second-order valence-corrected chi connectivity index (χ2v) is 6.24. The molecule has 1 aromatic carbocycles. The molecule has 0 bridgehead atoms. The summed E-state index contributed by atoms with van der Waals surface area (Å²) in [6.07, 6.45) is 1.23. The van der Waals surface area contributed by atoms with E-state index in [0.29, 0.717) is 37.1 Å². The Morgan fingerprint density at radius 3 is 2.52 bits per heavy atom. The number of fused-ring (bicyclic) bond motifs is 2. The number of carbonyl (C=O) groups is 1. The van der Waals surface area contributed by atoms with Gasteiger partial charge in [0.2, 0.25) is 0 Å². The van der Waals surface area contributed by atoms with Crippen LogP contribution in [0.2, 0.25) is 0 Å². The van der Waals surface area contributed by atoms with Gasteiger partial charge in [-0.15, -0.1) is 0 Å². The molecule has 2 heterocycles. The summed E-state index contributed by atoms with van der Waals surface area (Å²) in [4.78, 5) is 16.4. The molecular weight excluding hydrogens is 296 g/mol. The third-order valence-electron chi connectivity index (χ3n) is 4.00. The number of hydrogen-bond acceptors (Lipinski definition) is 4. The number of imidazole rings is 1. The maximum Gasteiger partial charge on any atom is 0.326 e. The molecule has 0 fully saturated rings. The van der Waals surface area contributed by atoms with Crippen molar-refractivity contribution in [1.29, 1.82) is 0 Å². The first-order valence-corrected chi connectivity index (χ1v) is 8.04. The molecule has 1 aromatic heterocycles. The number of carboxylic acids is 1. The fourth-order valence-electron chi connectivity index (χ4n) is 3.01. The van der Waals surface area contributed by atoms with Crippen molar-refractivity contribution < 1.29 is 19.4 Å². The van der Waals surface area contributed by atoms with Gasteiger partial charge in [-0.05, 0) is 12.3 Å². The second kappa shape index (κ2) is 6.10. The van der Waals surface area contributed by atoms with E-state index in [4.69, 9.17) is 9.47 Å². The van der Waals surface area contributed by atoms with E-state index >= 15 is 0 Å². The van der Waals surface area contributed by atoms with Crippen molar-refractivity contribution in [3.63, 3.8) is 0 Å². The number of nitrogens with zero attached hydrogens (tertiary/aromatic N) is 2. The standard InChI is InChI=1S/C17H22N2O4/c1-4-12(17(20)21)19-13-9-15-14(22-5-6-23-15)8-11(13)18-16(19)7-10(2)3/h8-10,12H,4-7H2,1-3H3,(H,20,21). The molecule has 1 N–H and O–H groups in total. The van der Waals surface area contributed by atoms with Crippen molar-refractivity contribution in [3.8, 4) is 11.5 Å². The Kier molecular flexibility index (Phi) is 4.15. The Hall–Kier alpha value is -2.24. The Bertz CT molecular complexity index is 736. The lowest BCUT2D eigenvalue weighted by Crippen LogP contribution is -2.21. The highest BCUT2D eigenvalue weighted by Gasteiger charge is 2.26. The quantitative estimate of drug-likeness (QED) is 0.917. The minimum Gasteiger partial charge on any atom is -0.486 e. The van der Waals surface area contributed by atoms with Gasteiger partial charge in [0.15, 0.2) is 11.5 Å². The zero-order valence-electron chi connectivity index (χ0n) is 13.7. The summed E-state index contributed by atoms with van der Waals surface area (Å²) >= 11 is 0. The summed E-state index contributed by atoms with van der Waals surface area (Å²) in [5.74, 6) is 1.67. The van der Waals surface area contributed by atoms with Crippen LogP contribution in [0.25, 0.3) is 11.0 Å². The van der Waals surface area contributed by atoms with Gasteiger partial charge in [-0.1, -0.05) is 20.8 Å². The lowest BCUT2D eigenvalue weighted by atomic mass is 10.1. The van der Waals surface area contributed by atoms with Crippen LogP contribution in [0, 0.1) is 5.92 Å². The molecule has 0 saturated carbocycles. The molecule has 1 aliphatic rings. The predicted molar refractivity (Wildman–Crippen MR) is 86.2 cm³/mol. The molecule has 2 aromatic rings. The zero-order valence-corrected chi connectivity index (χ0v) is 13.7. The molecule has 1 aliphatic heterocycles. The minimum atomic E-state index is -0.841. The Balaban J connectivity index is 2.21. The van der Waals surface area contributed by atoms with Gasteiger partial charge in [0.1, 0.15) is 25.1 Å². The highest BCUT2D eigenvalue weighted by molar-refractivity contribution is 5.83. The van der Waals surface area contributed by atoms with E-state index in [9.17, 15) is 9.90 Å². The lowest BCUT2D eigenvalue weighted by molar-refractivity contribution is -0.140. The van der Waals surface area contributed by atoms with Crippen LogP contribution in [0.1, 0.15) is 39.1 Å². The number of carboxylic acid groups (broad SMARTS) is 1. The first-order valence-electron chi connectivity index (χ1n) is 8.04. The molecule has 6 nitrogen and oxygen atoms in total. The molecule has 1 unspecified atom stereocenters. The van der Waals surface area contributed by atoms with E-state index in [1.165, 1.54) is 0 Å². The van der Waals surface area contributed by atoms with Crippen LogP contribution in [0.4, 0.5) is 0 Å². The van der Waals surface area contributed by atoms with Gasteiger partial charge in [0.05, 0.1) is 11.0 Å². The molecule has 0 spiro atoms. The van der Waals surface area contributed by atoms with Gasteiger partial charge in [-0.25, -0.2) is 9.78 Å². The number of aliphatic carboxylic acids is 1. The van der Waals surface area contributed by atoms with E-state index in [1.54, 1.807) is 0 Å². The SMILES string of the molecule is CCC(C(=O)O)n1c(CC(C)C)nc2cc3c(cc21)OCCO3. The number of aromatic nitrogens is 2. The van der Waals surface area contributed by atoms with E-state index in [1.807, 2.05) is 23.6 Å². The first-order chi connectivity index (χ1) is 11.0. The van der Waals surface area contributed by atoms with Crippen LogP contribution in [0.3, 0.4) is 0 Å². The summed E-state index contributed by atoms with van der Waals surface area (Å²) in [6, 6.07) is 3.07. The monoisotopic (exact) mass is 318 g/mol. The van der Waals surface area contributed by atoms with Gasteiger partial charge in [-0.3, -0.25) is 0 Å². The molecule has 0 radical (unpaired) electrons. The summed E-state index contributed by atoms with van der Waals surface area (Å²) in [6.45, 7) is 7.10. The van der Waals surface area contributed by atoms with Gasteiger partial charge in [0, 0.05) is 18.6 Å². The van der Waals surface area contributed by atoms with Crippen molar-refractivity contribution >= 4 is 17.0 Å². The molecular formula is C17H22N2O4. The largest absolute Gasteiger partial charge is 0.486 e. The van der Waals surface area contributed by atoms with Crippen LogP contribution in [0.15, 0.2) is 12.1 Å². The van der Waals surface area contributed by atoms with E-state index in [-0.39, 0.29) is 0 Å². The van der Waals surface area contributed by atoms with Crippen molar-refractivity contribution in [1.82, 2.24) is 9.55 Å². The van der Waals surface area contributed by atoms with Crippen LogP contribution in [-0.2, 0) is 11.2 Å². The average molecular weight is 318 g/mol. The second-order valence-electron chi connectivity index (χ2n) is 6.24. The molecule has 23 heavy (non-hydrogen) atoms. The van der Waals surface area contributed by atoms with Gasteiger partial charge >= 0.3 is 5.97 Å². The number of hydrogen-bond donors (Lipinski definition) is 1. The smallest absolute Gasteiger partial charge is 0.326 e. The third kappa shape index (κ3) is 2.85. The number of ether oxygens (including phenoxy) is 2. The van der Waals surface area contributed by atoms with Crippen LogP contribution in [0.5, 0.6) is 11.5 Å². The van der Waals surface area contributed by atoms with Gasteiger partial charge in [-0.2, -0.15) is 0 Å². The highest BCUT2D eigenvalue weighted by Crippen LogP contribution is 2.36. The van der Waals surface area contributed by atoms with Crippen LogP contribution < -0.4 is 9.47 Å². The van der Waals surface area contributed by atoms with Crippen molar-refractivity contribution in [2.75, 3.05) is 13.2 Å². The summed E-state index contributed by atoms with van der Waals surface area (Å²) in [5.41, 5.74) is 1.55. The maximum absolute atomic E-state index is 11.7. The zero-order chi connectivity index (χ0) is 16.6. The fraction of sp³-hybridized carbons (Fsp3) is 0.529. The van der Waals surface area contributed by atoms with Crippen LogP contribution in [-0.4, -0.2) is 33.8 Å². The minimum absolute atomic E-state index is 0.388. The van der Waals surface area contributed by atoms with Gasteiger partial charge in [0.25, 0.3) is 0 Å². The average Bonchev–Trinajstić information content (AvgIpc) is 2.82. The summed E-state index contributed by atoms with van der Waals surface area (Å²) in [7, 11) is 0. The predicted octanol–water partition coefficient (Wildman–Crippen LogP) is 3.04. The molecule has 0 amide bonds. The van der Waals surface area contributed by atoms with E-state index in [2.05, 4.69) is 18.8 Å². The number of benzene rings is 1. The van der Waals surface area contributed by atoms with Crippen molar-refractivity contribution in [2.45, 2.75) is 39.7 Å². The van der Waals surface area contributed by atoms with E-state index in [0.717, 1.165) is 23.3 Å². The molecule has 1 atom stereocenters. The van der Waals surface area contributed by atoms with Gasteiger partial charge < -0.3 is 19.1 Å². The molecule has 0 saturated heterocycles. The topological polar surface area (TPSA) is 73.6 Å². The summed E-state index contributed by atoms with van der Waals surface area (Å²) < 4.78 is 13.1. The fourth-order valence-corrected chi connectivity index (χ4v) is 3.01. The molecule has 124 valence electrons. The first kappa shape index (κ1) is 15.6. The van der Waals surface area contributed by atoms with E-state index < -0.39 is 12.0 Å². The number of rotatable bonds is 5. The molecule has 6 heteroatoms. The Morgan fingerprint density at radius 1 is 1.30 bits per heavy atom. The summed E-state index contributed by atoms with van der Waals surface area (Å²) in [5, 5.41) is 9.60.